The lowest BCUT2D eigenvalue weighted by molar-refractivity contribution is -0.151. The predicted molar refractivity (Wildman–Crippen MR) is 143 cm³/mol. The maximum absolute atomic E-state index is 13.0. The van der Waals surface area contributed by atoms with Gasteiger partial charge in [0.15, 0.2) is 0 Å². The van der Waals surface area contributed by atoms with Crippen molar-refractivity contribution in [3.63, 3.8) is 0 Å². The highest BCUT2D eigenvalue weighted by atomic mass is 16.5. The number of rotatable bonds is 4. The number of aliphatic hydroxyl groups excluding tert-OH is 1. The highest BCUT2D eigenvalue weighted by Gasteiger charge is 2.59. The first-order chi connectivity index (χ1) is 17.3. The van der Waals surface area contributed by atoms with Crippen LogP contribution in [0.4, 0.5) is 0 Å². The van der Waals surface area contributed by atoms with Crippen LogP contribution in [0.25, 0.3) is 0 Å². The minimum Gasteiger partial charge on any atom is -0.458 e. The Kier molecular flexibility index (Phi) is 6.22. The van der Waals surface area contributed by atoms with E-state index in [0.717, 1.165) is 49.0 Å². The molecular formula is C33H44O3. The van der Waals surface area contributed by atoms with Crippen molar-refractivity contribution >= 4 is 5.97 Å². The van der Waals surface area contributed by atoms with E-state index in [9.17, 15) is 9.90 Å². The highest BCUT2D eigenvalue weighted by Crippen LogP contribution is 2.67. The predicted octanol–water partition coefficient (Wildman–Crippen LogP) is 7.05. The number of carbonyl (C=O) groups is 1. The number of fused-ring (bicyclic) bond motifs is 5. The monoisotopic (exact) mass is 488 g/mol. The maximum atomic E-state index is 13.0. The first-order valence-electron chi connectivity index (χ1n) is 14.6. The molecular weight excluding hydrogens is 444 g/mol. The molecule has 6 rings (SSSR count). The summed E-state index contributed by atoms with van der Waals surface area (Å²) in [6.45, 7) is 7.46. The van der Waals surface area contributed by atoms with Crippen molar-refractivity contribution in [2.75, 3.05) is 0 Å². The van der Waals surface area contributed by atoms with Crippen LogP contribution in [0.1, 0.15) is 84.1 Å². The minimum atomic E-state index is -0.132. The molecule has 4 aliphatic carbocycles. The van der Waals surface area contributed by atoms with E-state index in [2.05, 4.69) is 45.1 Å². The van der Waals surface area contributed by atoms with Crippen molar-refractivity contribution < 1.29 is 14.6 Å². The van der Waals surface area contributed by atoms with Gasteiger partial charge in [0.25, 0.3) is 0 Å². The molecule has 0 spiro atoms. The van der Waals surface area contributed by atoms with Gasteiger partial charge in [-0.15, -0.1) is 0 Å². The van der Waals surface area contributed by atoms with E-state index in [1.165, 1.54) is 37.7 Å². The van der Waals surface area contributed by atoms with Crippen LogP contribution >= 0.6 is 0 Å². The zero-order valence-corrected chi connectivity index (χ0v) is 22.4. The number of hydrogen-bond donors (Lipinski definition) is 1. The molecule has 0 amide bonds. The summed E-state index contributed by atoms with van der Waals surface area (Å²) in [7, 11) is 0. The summed E-state index contributed by atoms with van der Waals surface area (Å²) < 4.78 is 6.13. The van der Waals surface area contributed by atoms with Gasteiger partial charge >= 0.3 is 5.97 Å². The topological polar surface area (TPSA) is 46.5 Å². The molecule has 0 aromatic heterocycles. The van der Waals surface area contributed by atoms with Gasteiger partial charge < -0.3 is 9.84 Å². The molecule has 3 nitrogen and oxygen atoms in total. The largest absolute Gasteiger partial charge is 0.458 e. The Hall–Kier alpha value is -1.87. The summed E-state index contributed by atoms with van der Waals surface area (Å²) in [6.07, 6.45) is 15.5. The molecule has 1 N–H and O–H groups in total. The quantitative estimate of drug-likeness (QED) is 0.365. The molecule has 3 heteroatoms. The number of esters is 1. The number of hydrogen-bond acceptors (Lipinski definition) is 3. The van der Waals surface area contributed by atoms with Crippen molar-refractivity contribution in [1.82, 2.24) is 0 Å². The average molecular weight is 489 g/mol. The number of ether oxygens (including phenoxy) is 1. The summed E-state index contributed by atoms with van der Waals surface area (Å²) in [5.41, 5.74) is 4.18. The summed E-state index contributed by atoms with van der Waals surface area (Å²) in [5, 5.41) is 10.3. The van der Waals surface area contributed by atoms with E-state index in [1.807, 2.05) is 18.2 Å². The number of aliphatic hydroxyl groups is 1. The van der Waals surface area contributed by atoms with E-state index >= 15 is 0 Å². The van der Waals surface area contributed by atoms with Gasteiger partial charge in [0.2, 0.25) is 0 Å². The fraction of sp³-hybridized carbons (Fsp3) is 0.667. The molecule has 1 aliphatic heterocycles. The zero-order valence-electron chi connectivity index (χ0n) is 22.4. The van der Waals surface area contributed by atoms with E-state index in [-0.39, 0.29) is 18.2 Å². The van der Waals surface area contributed by atoms with Crippen molar-refractivity contribution in [3.8, 4) is 0 Å². The van der Waals surface area contributed by atoms with E-state index in [1.54, 1.807) is 5.57 Å². The number of carbonyl (C=O) groups excluding carboxylic acids is 1. The molecule has 3 saturated carbocycles. The third-order valence-corrected chi connectivity index (χ3v) is 11.7. The van der Waals surface area contributed by atoms with Gasteiger partial charge in [-0.25, -0.2) is 4.79 Å². The smallest absolute Gasteiger partial charge is 0.334 e. The van der Waals surface area contributed by atoms with Crippen molar-refractivity contribution in [1.29, 1.82) is 0 Å². The third-order valence-electron chi connectivity index (χ3n) is 11.7. The number of benzene rings is 1. The van der Waals surface area contributed by atoms with Gasteiger partial charge in [0.1, 0.15) is 6.10 Å². The molecule has 1 heterocycles. The lowest BCUT2D eigenvalue weighted by Crippen LogP contribution is -2.51. The lowest BCUT2D eigenvalue weighted by Gasteiger charge is -2.58. The van der Waals surface area contributed by atoms with Crippen LogP contribution in [0, 0.1) is 40.4 Å². The van der Waals surface area contributed by atoms with Gasteiger partial charge in [0, 0.05) is 18.4 Å². The van der Waals surface area contributed by atoms with Crippen LogP contribution < -0.4 is 0 Å². The Labute approximate surface area is 217 Å². The highest BCUT2D eigenvalue weighted by molar-refractivity contribution is 5.89. The molecule has 1 aromatic rings. The third kappa shape index (κ3) is 3.92. The summed E-state index contributed by atoms with van der Waals surface area (Å²) >= 11 is 0. The van der Waals surface area contributed by atoms with Crippen LogP contribution in [0.2, 0.25) is 0 Å². The van der Waals surface area contributed by atoms with E-state index in [0.29, 0.717) is 29.1 Å². The molecule has 1 aromatic carbocycles. The Morgan fingerprint density at radius 3 is 2.58 bits per heavy atom. The fourth-order valence-electron chi connectivity index (χ4n) is 9.69. The fourth-order valence-corrected chi connectivity index (χ4v) is 9.69. The van der Waals surface area contributed by atoms with Gasteiger partial charge in [-0.3, -0.25) is 0 Å². The van der Waals surface area contributed by atoms with Gasteiger partial charge in [-0.05, 0) is 97.3 Å². The first-order valence-corrected chi connectivity index (χ1v) is 14.6. The van der Waals surface area contributed by atoms with Gasteiger partial charge in [0.05, 0.1) is 6.10 Å². The first kappa shape index (κ1) is 24.5. The van der Waals surface area contributed by atoms with Crippen LogP contribution in [0.15, 0.2) is 53.6 Å². The second-order valence-electron chi connectivity index (χ2n) is 13.3. The number of cyclic esters (lactones) is 1. The Morgan fingerprint density at radius 2 is 1.81 bits per heavy atom. The Morgan fingerprint density at radius 1 is 1.00 bits per heavy atom. The molecule has 5 aliphatic rings. The standard InChI is InChI=1S/C33H44O3/c1-21(30-14-9-23(31(35)36-30)19-22-7-5-4-6-8-22)27-12-13-28-26-11-10-24-20-25(34)15-17-32(24,2)29(26)16-18-33(27,28)3/h4-10,21,25-30,34H,11-20H2,1-3H3/t21-,25-,26-,27+,28-,29-,30+,32-,33+/m0/s1. The van der Waals surface area contributed by atoms with Crippen LogP contribution in [-0.2, 0) is 16.0 Å². The Balaban J connectivity index is 1.17. The second-order valence-corrected chi connectivity index (χ2v) is 13.3. The molecule has 0 bridgehead atoms. The zero-order chi connectivity index (χ0) is 25.1. The molecule has 0 unspecified atom stereocenters. The SMILES string of the molecule is C[C@@H]([C@H]1CC[C@H]2[C@@H]3CC=C4C[C@@H](O)CC[C@]4(C)[C@H]3CC[C@]12C)[C@H]1CC=C(Cc2ccccc2)C(=O)O1. The van der Waals surface area contributed by atoms with Crippen molar-refractivity contribution in [2.24, 2.45) is 40.4 Å². The molecule has 0 radical (unpaired) electrons. The van der Waals surface area contributed by atoms with Crippen molar-refractivity contribution in [3.05, 3.63) is 59.2 Å². The molecule has 36 heavy (non-hydrogen) atoms. The summed E-state index contributed by atoms with van der Waals surface area (Å²) in [5.74, 6) is 3.22. The summed E-state index contributed by atoms with van der Waals surface area (Å²) in [6, 6.07) is 10.2. The molecule has 0 saturated heterocycles. The number of allylic oxidation sites excluding steroid dienone is 1. The molecule has 3 fully saturated rings. The average Bonchev–Trinajstić information content (AvgIpc) is 3.23. The van der Waals surface area contributed by atoms with E-state index < -0.39 is 0 Å². The molecule has 9 atom stereocenters. The van der Waals surface area contributed by atoms with Crippen LogP contribution in [0.5, 0.6) is 0 Å². The lowest BCUT2D eigenvalue weighted by atomic mass is 9.47. The van der Waals surface area contributed by atoms with Crippen molar-refractivity contribution in [2.45, 2.75) is 97.2 Å². The summed E-state index contributed by atoms with van der Waals surface area (Å²) in [4.78, 5) is 13.0. The normalized spacial score (nSPS) is 42.8. The molecule has 194 valence electrons. The van der Waals surface area contributed by atoms with Crippen LogP contribution in [0.3, 0.4) is 0 Å². The maximum Gasteiger partial charge on any atom is 0.334 e. The van der Waals surface area contributed by atoms with Gasteiger partial charge in [-0.1, -0.05) is 68.8 Å². The second kappa shape index (κ2) is 9.15. The Bertz CT molecular complexity index is 1060. The minimum absolute atomic E-state index is 0.00512. The van der Waals surface area contributed by atoms with Crippen LogP contribution in [-0.4, -0.2) is 23.3 Å². The van der Waals surface area contributed by atoms with Gasteiger partial charge in [-0.2, -0.15) is 0 Å². The van der Waals surface area contributed by atoms with E-state index in [4.69, 9.17) is 4.74 Å².